The zero-order valence-corrected chi connectivity index (χ0v) is 10.9. The molecule has 0 bridgehead atoms. The van der Waals surface area contributed by atoms with E-state index < -0.39 is 0 Å². The first-order chi connectivity index (χ1) is 6.47. The molecule has 0 aromatic heterocycles. The molecule has 0 saturated heterocycles. The number of thioether (sulfide) groups is 1. The molecule has 3 heteroatoms. The van der Waals surface area contributed by atoms with Gasteiger partial charge in [-0.1, -0.05) is 20.8 Å². The van der Waals surface area contributed by atoms with Crippen LogP contribution in [-0.4, -0.2) is 34.8 Å². The fourth-order valence-corrected chi connectivity index (χ4v) is 2.87. The minimum atomic E-state index is -0.125. The second-order valence-electron chi connectivity index (χ2n) is 4.34. The summed E-state index contributed by atoms with van der Waals surface area (Å²) < 4.78 is 0. The standard InChI is InChI=1S/C11H25NOS/c1-6-9(2)14-10(3)7-11(4,8-13)12-5/h9-10,12-13H,6-8H2,1-5H3. The third-order valence-corrected chi connectivity index (χ3v) is 4.16. The number of nitrogens with one attached hydrogen (secondary N) is 1. The molecule has 0 aliphatic carbocycles. The van der Waals surface area contributed by atoms with Crippen LogP contribution in [-0.2, 0) is 0 Å². The van der Waals surface area contributed by atoms with Gasteiger partial charge in [0.2, 0.25) is 0 Å². The number of hydrogen-bond acceptors (Lipinski definition) is 3. The zero-order chi connectivity index (χ0) is 11.2. The summed E-state index contributed by atoms with van der Waals surface area (Å²) in [6.45, 7) is 8.99. The van der Waals surface area contributed by atoms with Crippen LogP contribution < -0.4 is 5.32 Å². The highest BCUT2D eigenvalue weighted by Crippen LogP contribution is 2.26. The highest BCUT2D eigenvalue weighted by molar-refractivity contribution is 8.00. The van der Waals surface area contributed by atoms with Crippen molar-refractivity contribution in [3.05, 3.63) is 0 Å². The van der Waals surface area contributed by atoms with Gasteiger partial charge in [0.25, 0.3) is 0 Å². The molecule has 2 nitrogen and oxygen atoms in total. The Hall–Kier alpha value is 0.270. The van der Waals surface area contributed by atoms with E-state index in [9.17, 15) is 5.11 Å². The highest BCUT2D eigenvalue weighted by Gasteiger charge is 2.24. The molecule has 0 amide bonds. The molecule has 3 unspecified atom stereocenters. The van der Waals surface area contributed by atoms with Gasteiger partial charge in [0.15, 0.2) is 0 Å². The number of rotatable bonds is 7. The molecule has 3 atom stereocenters. The molecular weight excluding hydrogens is 194 g/mol. The monoisotopic (exact) mass is 219 g/mol. The summed E-state index contributed by atoms with van der Waals surface area (Å²) in [5.74, 6) is 0. The maximum absolute atomic E-state index is 9.25. The van der Waals surface area contributed by atoms with Crippen molar-refractivity contribution in [3.8, 4) is 0 Å². The van der Waals surface area contributed by atoms with Gasteiger partial charge in [-0.25, -0.2) is 0 Å². The molecule has 0 fully saturated rings. The van der Waals surface area contributed by atoms with Gasteiger partial charge in [0.1, 0.15) is 0 Å². The van der Waals surface area contributed by atoms with E-state index in [2.05, 4.69) is 33.0 Å². The Kier molecular flexibility index (Phi) is 6.83. The van der Waals surface area contributed by atoms with Crippen molar-refractivity contribution in [2.45, 2.75) is 56.6 Å². The van der Waals surface area contributed by atoms with Crippen molar-refractivity contribution in [1.29, 1.82) is 0 Å². The fraction of sp³-hybridized carbons (Fsp3) is 1.00. The lowest BCUT2D eigenvalue weighted by Crippen LogP contribution is -2.45. The summed E-state index contributed by atoms with van der Waals surface area (Å²) in [5, 5.41) is 13.7. The van der Waals surface area contributed by atoms with Gasteiger partial charge in [-0.3, -0.25) is 0 Å². The van der Waals surface area contributed by atoms with Crippen LogP contribution in [0.25, 0.3) is 0 Å². The Morgan fingerprint density at radius 3 is 2.29 bits per heavy atom. The molecule has 0 heterocycles. The first-order valence-corrected chi connectivity index (χ1v) is 6.37. The van der Waals surface area contributed by atoms with Crippen molar-refractivity contribution >= 4 is 11.8 Å². The van der Waals surface area contributed by atoms with E-state index in [1.165, 1.54) is 6.42 Å². The molecule has 2 N–H and O–H groups in total. The third kappa shape index (κ3) is 5.23. The summed E-state index contributed by atoms with van der Waals surface area (Å²) in [7, 11) is 1.91. The van der Waals surface area contributed by atoms with E-state index in [1.807, 2.05) is 18.8 Å². The number of likely N-dealkylation sites (N-methyl/N-ethyl adjacent to an activating group) is 1. The molecular formula is C11H25NOS. The van der Waals surface area contributed by atoms with Crippen LogP contribution in [0.2, 0.25) is 0 Å². The Labute approximate surface area is 92.9 Å². The van der Waals surface area contributed by atoms with E-state index in [1.54, 1.807) is 0 Å². The lowest BCUT2D eigenvalue weighted by Gasteiger charge is -2.30. The molecule has 0 aliphatic rings. The van der Waals surface area contributed by atoms with Crippen molar-refractivity contribution < 1.29 is 5.11 Å². The molecule has 0 aromatic carbocycles. The van der Waals surface area contributed by atoms with Crippen LogP contribution in [0.3, 0.4) is 0 Å². The summed E-state index contributed by atoms with van der Waals surface area (Å²) >= 11 is 2.01. The lowest BCUT2D eigenvalue weighted by atomic mass is 9.97. The predicted octanol–water partition coefficient (Wildman–Crippen LogP) is 2.27. The van der Waals surface area contributed by atoms with Gasteiger partial charge in [0, 0.05) is 16.0 Å². The summed E-state index contributed by atoms with van der Waals surface area (Å²) in [6, 6.07) is 0. The Morgan fingerprint density at radius 1 is 1.36 bits per heavy atom. The second-order valence-corrected chi connectivity index (χ2v) is 6.22. The Morgan fingerprint density at radius 2 is 1.93 bits per heavy atom. The van der Waals surface area contributed by atoms with Crippen LogP contribution in [0, 0.1) is 0 Å². The Balaban J connectivity index is 3.96. The van der Waals surface area contributed by atoms with Crippen LogP contribution in [0.5, 0.6) is 0 Å². The first kappa shape index (κ1) is 14.3. The summed E-state index contributed by atoms with van der Waals surface area (Å²) in [4.78, 5) is 0. The van der Waals surface area contributed by atoms with Crippen molar-refractivity contribution in [2.24, 2.45) is 0 Å². The van der Waals surface area contributed by atoms with E-state index in [0.717, 1.165) is 6.42 Å². The molecule has 14 heavy (non-hydrogen) atoms. The number of aliphatic hydroxyl groups excluding tert-OH is 1. The smallest absolute Gasteiger partial charge is 0.0610 e. The molecule has 0 aromatic rings. The molecule has 86 valence electrons. The maximum atomic E-state index is 9.25. The van der Waals surface area contributed by atoms with Crippen molar-refractivity contribution in [2.75, 3.05) is 13.7 Å². The van der Waals surface area contributed by atoms with Crippen LogP contribution >= 0.6 is 11.8 Å². The van der Waals surface area contributed by atoms with Crippen LogP contribution in [0.4, 0.5) is 0 Å². The van der Waals surface area contributed by atoms with Gasteiger partial charge in [0.05, 0.1) is 6.61 Å². The molecule has 0 aliphatic heterocycles. The first-order valence-electron chi connectivity index (χ1n) is 5.42. The van der Waals surface area contributed by atoms with Crippen molar-refractivity contribution in [3.63, 3.8) is 0 Å². The Bertz CT molecular complexity index is 148. The second kappa shape index (κ2) is 6.70. The summed E-state index contributed by atoms with van der Waals surface area (Å²) in [6.07, 6.45) is 2.22. The van der Waals surface area contributed by atoms with E-state index in [4.69, 9.17) is 0 Å². The maximum Gasteiger partial charge on any atom is 0.0610 e. The minimum Gasteiger partial charge on any atom is -0.394 e. The van der Waals surface area contributed by atoms with E-state index >= 15 is 0 Å². The normalized spacial score (nSPS) is 20.1. The lowest BCUT2D eigenvalue weighted by molar-refractivity contribution is 0.174. The average molecular weight is 219 g/mol. The van der Waals surface area contributed by atoms with E-state index in [0.29, 0.717) is 10.5 Å². The molecule has 0 spiro atoms. The van der Waals surface area contributed by atoms with Crippen molar-refractivity contribution in [1.82, 2.24) is 5.32 Å². The van der Waals surface area contributed by atoms with Gasteiger partial charge in [-0.2, -0.15) is 11.8 Å². The fourth-order valence-electron chi connectivity index (χ4n) is 1.42. The van der Waals surface area contributed by atoms with Crippen LogP contribution in [0.1, 0.15) is 40.5 Å². The predicted molar refractivity (Wildman–Crippen MR) is 66.0 cm³/mol. The highest BCUT2D eigenvalue weighted by atomic mass is 32.2. The largest absolute Gasteiger partial charge is 0.394 e. The SMILES string of the molecule is CCC(C)SC(C)CC(C)(CO)NC. The minimum absolute atomic E-state index is 0.125. The molecule has 0 rings (SSSR count). The zero-order valence-electron chi connectivity index (χ0n) is 10.1. The van der Waals surface area contributed by atoms with E-state index in [-0.39, 0.29) is 12.1 Å². The van der Waals surface area contributed by atoms with Gasteiger partial charge in [-0.05, 0) is 26.8 Å². The van der Waals surface area contributed by atoms with Gasteiger partial charge in [-0.15, -0.1) is 0 Å². The molecule has 0 saturated carbocycles. The van der Waals surface area contributed by atoms with Crippen LogP contribution in [0.15, 0.2) is 0 Å². The van der Waals surface area contributed by atoms with Gasteiger partial charge >= 0.3 is 0 Å². The number of hydrogen-bond donors (Lipinski definition) is 2. The average Bonchev–Trinajstić information content (AvgIpc) is 2.17. The molecule has 0 radical (unpaired) electrons. The third-order valence-electron chi connectivity index (χ3n) is 2.73. The summed E-state index contributed by atoms with van der Waals surface area (Å²) in [5.41, 5.74) is -0.125. The van der Waals surface area contributed by atoms with Gasteiger partial charge < -0.3 is 10.4 Å². The quantitative estimate of drug-likeness (QED) is 0.689. The number of aliphatic hydroxyl groups is 1. The topological polar surface area (TPSA) is 32.3 Å².